The number of nitrogens with two attached hydrogens (primary N) is 1. The number of non-ortho nitro benzene ring substituents is 1. The van der Waals surface area contributed by atoms with Gasteiger partial charge in [0.25, 0.3) is 5.69 Å². The van der Waals surface area contributed by atoms with Crippen LogP contribution in [0.15, 0.2) is 36.4 Å². The van der Waals surface area contributed by atoms with E-state index in [1.165, 1.54) is 6.07 Å². The van der Waals surface area contributed by atoms with Gasteiger partial charge in [-0.05, 0) is 19.1 Å². The third kappa shape index (κ3) is 2.41. The molecule has 0 fully saturated rings. The molecule has 5 heteroatoms. The summed E-state index contributed by atoms with van der Waals surface area (Å²) in [4.78, 5) is 10.5. The normalized spacial score (nSPS) is 12.3. The van der Waals surface area contributed by atoms with Gasteiger partial charge in [-0.1, -0.05) is 18.2 Å². The molecule has 0 heterocycles. The van der Waals surface area contributed by atoms with E-state index in [0.29, 0.717) is 17.7 Å². The number of nitro groups is 1. The van der Waals surface area contributed by atoms with Gasteiger partial charge in [0.1, 0.15) is 12.4 Å². The Balaban J connectivity index is 2.50. The predicted octanol–water partition coefficient (Wildman–Crippen LogP) is 2.47. The fraction of sp³-hybridized carbons (Fsp3) is 0.231. The molecule has 2 rings (SSSR count). The summed E-state index contributed by atoms with van der Waals surface area (Å²) in [5.41, 5.74) is 5.71. The summed E-state index contributed by atoms with van der Waals surface area (Å²) in [6.45, 7) is 2.22. The summed E-state index contributed by atoms with van der Waals surface area (Å²) in [6, 6.07) is 10.1. The topological polar surface area (TPSA) is 78.4 Å². The van der Waals surface area contributed by atoms with E-state index in [1.54, 1.807) is 24.3 Å². The number of nitrogens with zero attached hydrogens (tertiary/aromatic N) is 1. The molecule has 0 saturated carbocycles. The molecule has 0 aliphatic heterocycles. The van der Waals surface area contributed by atoms with Crippen LogP contribution in [0.1, 0.15) is 6.92 Å². The lowest BCUT2D eigenvalue weighted by molar-refractivity contribution is -0.383. The van der Waals surface area contributed by atoms with Crippen molar-refractivity contribution in [2.24, 2.45) is 5.73 Å². The van der Waals surface area contributed by atoms with E-state index in [9.17, 15) is 10.1 Å². The van der Waals surface area contributed by atoms with Crippen molar-refractivity contribution in [3.8, 4) is 5.75 Å². The molecule has 2 aromatic rings. The number of rotatable bonds is 4. The zero-order valence-electron chi connectivity index (χ0n) is 10.00. The van der Waals surface area contributed by atoms with Crippen LogP contribution in [-0.2, 0) is 0 Å². The average molecular weight is 246 g/mol. The van der Waals surface area contributed by atoms with Gasteiger partial charge < -0.3 is 10.5 Å². The lowest BCUT2D eigenvalue weighted by Gasteiger charge is -2.11. The van der Waals surface area contributed by atoms with Crippen molar-refractivity contribution in [3.63, 3.8) is 0 Å². The molecular weight excluding hydrogens is 232 g/mol. The number of hydrogen-bond donors (Lipinski definition) is 1. The van der Waals surface area contributed by atoms with Gasteiger partial charge in [-0.3, -0.25) is 10.1 Å². The highest BCUT2D eigenvalue weighted by Gasteiger charge is 2.14. The summed E-state index contributed by atoms with van der Waals surface area (Å²) < 4.78 is 5.57. The summed E-state index contributed by atoms with van der Waals surface area (Å²) in [6.07, 6.45) is 0. The Bertz CT molecular complexity index is 581. The molecule has 1 unspecified atom stereocenters. The first kappa shape index (κ1) is 12.3. The summed E-state index contributed by atoms with van der Waals surface area (Å²) in [7, 11) is 0. The van der Waals surface area contributed by atoms with E-state index >= 15 is 0 Å². The molecular formula is C13H14N2O3. The average Bonchev–Trinajstić information content (AvgIpc) is 2.35. The quantitative estimate of drug-likeness (QED) is 0.664. The molecule has 2 N–H and O–H groups in total. The second-order valence-corrected chi connectivity index (χ2v) is 4.17. The maximum atomic E-state index is 10.9. The Kier molecular flexibility index (Phi) is 3.43. The van der Waals surface area contributed by atoms with E-state index in [1.807, 2.05) is 13.0 Å². The van der Waals surface area contributed by atoms with Crippen molar-refractivity contribution in [1.29, 1.82) is 0 Å². The van der Waals surface area contributed by atoms with Gasteiger partial charge in [-0.2, -0.15) is 0 Å². The third-order valence-corrected chi connectivity index (χ3v) is 2.56. The molecule has 18 heavy (non-hydrogen) atoms. The largest absolute Gasteiger partial charge is 0.491 e. The van der Waals surface area contributed by atoms with Crippen molar-refractivity contribution in [3.05, 3.63) is 46.5 Å². The van der Waals surface area contributed by atoms with Crippen LogP contribution >= 0.6 is 0 Å². The highest BCUT2D eigenvalue weighted by atomic mass is 16.6. The fourth-order valence-corrected chi connectivity index (χ4v) is 1.76. The number of ether oxygens (including phenoxy) is 1. The van der Waals surface area contributed by atoms with Crippen LogP contribution in [0.5, 0.6) is 5.75 Å². The van der Waals surface area contributed by atoms with Crippen LogP contribution in [0.3, 0.4) is 0 Å². The van der Waals surface area contributed by atoms with E-state index in [2.05, 4.69) is 0 Å². The summed E-state index contributed by atoms with van der Waals surface area (Å²) >= 11 is 0. The van der Waals surface area contributed by atoms with Gasteiger partial charge in [0.05, 0.1) is 10.3 Å². The minimum Gasteiger partial charge on any atom is -0.491 e. The maximum absolute atomic E-state index is 10.9. The molecule has 0 bridgehead atoms. The van der Waals surface area contributed by atoms with Gasteiger partial charge in [0.15, 0.2) is 0 Å². The predicted molar refractivity (Wildman–Crippen MR) is 69.7 cm³/mol. The summed E-state index contributed by atoms with van der Waals surface area (Å²) in [5, 5.41) is 12.2. The monoisotopic (exact) mass is 246 g/mol. The first-order valence-corrected chi connectivity index (χ1v) is 5.64. The van der Waals surface area contributed by atoms with Gasteiger partial charge in [0.2, 0.25) is 0 Å². The van der Waals surface area contributed by atoms with E-state index in [4.69, 9.17) is 10.5 Å². The summed E-state index contributed by atoms with van der Waals surface area (Å²) in [5.74, 6) is 0.619. The Morgan fingerprint density at radius 1 is 1.28 bits per heavy atom. The Hall–Kier alpha value is -2.14. The van der Waals surface area contributed by atoms with Crippen LogP contribution in [0.25, 0.3) is 10.8 Å². The first-order valence-electron chi connectivity index (χ1n) is 5.64. The molecule has 0 aliphatic carbocycles. The number of benzene rings is 2. The lowest BCUT2D eigenvalue weighted by atomic mass is 10.1. The van der Waals surface area contributed by atoms with Crippen molar-refractivity contribution >= 4 is 16.5 Å². The second-order valence-electron chi connectivity index (χ2n) is 4.17. The van der Waals surface area contributed by atoms with Gasteiger partial charge in [-0.15, -0.1) is 0 Å². The SMILES string of the molecule is CC(N)COc1ccc([N+](=O)[O-])c2ccccc12. The smallest absolute Gasteiger partial charge is 0.277 e. The number of nitro benzene ring substituents is 1. The Labute approximate surface area is 104 Å². The number of fused-ring (bicyclic) bond motifs is 1. The van der Waals surface area contributed by atoms with Crippen LogP contribution in [0, 0.1) is 10.1 Å². The first-order chi connectivity index (χ1) is 8.59. The highest BCUT2D eigenvalue weighted by molar-refractivity contribution is 5.95. The molecule has 0 radical (unpaired) electrons. The molecule has 0 spiro atoms. The Morgan fingerprint density at radius 2 is 1.94 bits per heavy atom. The van der Waals surface area contributed by atoms with Crippen molar-refractivity contribution < 1.29 is 9.66 Å². The van der Waals surface area contributed by atoms with Crippen LogP contribution in [0.4, 0.5) is 5.69 Å². The molecule has 94 valence electrons. The molecule has 0 saturated heterocycles. The minimum atomic E-state index is -0.391. The van der Waals surface area contributed by atoms with E-state index in [-0.39, 0.29) is 11.7 Å². The molecule has 2 aromatic carbocycles. The highest BCUT2D eigenvalue weighted by Crippen LogP contribution is 2.32. The van der Waals surface area contributed by atoms with Crippen LogP contribution < -0.4 is 10.5 Å². The third-order valence-electron chi connectivity index (χ3n) is 2.56. The van der Waals surface area contributed by atoms with Crippen LogP contribution in [0.2, 0.25) is 0 Å². The van der Waals surface area contributed by atoms with E-state index in [0.717, 1.165) is 5.39 Å². The molecule has 1 atom stereocenters. The Morgan fingerprint density at radius 3 is 2.56 bits per heavy atom. The van der Waals surface area contributed by atoms with E-state index < -0.39 is 4.92 Å². The van der Waals surface area contributed by atoms with Crippen molar-refractivity contribution in [1.82, 2.24) is 0 Å². The lowest BCUT2D eigenvalue weighted by Crippen LogP contribution is -2.23. The molecule has 0 aliphatic rings. The fourth-order valence-electron chi connectivity index (χ4n) is 1.76. The standard InChI is InChI=1S/C13H14N2O3/c1-9(14)8-18-13-7-6-12(15(16)17)10-4-2-3-5-11(10)13/h2-7,9H,8,14H2,1H3. The maximum Gasteiger partial charge on any atom is 0.277 e. The zero-order valence-corrected chi connectivity index (χ0v) is 10.00. The number of hydrogen-bond acceptors (Lipinski definition) is 4. The van der Waals surface area contributed by atoms with Gasteiger partial charge in [-0.25, -0.2) is 0 Å². The van der Waals surface area contributed by atoms with Gasteiger partial charge in [0, 0.05) is 17.5 Å². The van der Waals surface area contributed by atoms with Crippen molar-refractivity contribution in [2.75, 3.05) is 6.61 Å². The molecule has 5 nitrogen and oxygen atoms in total. The molecule has 0 amide bonds. The minimum absolute atomic E-state index is 0.0822. The van der Waals surface area contributed by atoms with Crippen LogP contribution in [-0.4, -0.2) is 17.6 Å². The molecule has 0 aromatic heterocycles. The second kappa shape index (κ2) is 5.01. The van der Waals surface area contributed by atoms with Crippen molar-refractivity contribution in [2.45, 2.75) is 13.0 Å². The zero-order chi connectivity index (χ0) is 13.1. The van der Waals surface area contributed by atoms with Gasteiger partial charge >= 0.3 is 0 Å².